The van der Waals surface area contributed by atoms with Crippen LogP contribution >= 0.6 is 0 Å². The smallest absolute Gasteiger partial charge is 0.0626 e. The van der Waals surface area contributed by atoms with Crippen molar-refractivity contribution in [1.82, 2.24) is 4.57 Å². The van der Waals surface area contributed by atoms with Gasteiger partial charge in [-0.15, -0.1) is 0 Å². The summed E-state index contributed by atoms with van der Waals surface area (Å²) in [4.78, 5) is 0. The Hall–Kier alpha value is -5.14. The van der Waals surface area contributed by atoms with Crippen molar-refractivity contribution in [2.45, 2.75) is 19.3 Å². The zero-order valence-corrected chi connectivity index (χ0v) is 23.7. The van der Waals surface area contributed by atoms with E-state index in [4.69, 9.17) is 0 Å². The molecule has 0 N–H and O–H groups in total. The van der Waals surface area contributed by atoms with Crippen molar-refractivity contribution in [2.75, 3.05) is 0 Å². The van der Waals surface area contributed by atoms with Crippen molar-refractivity contribution in [3.8, 4) is 27.9 Å². The molecule has 0 radical (unpaired) electrons. The molecule has 8 aromatic rings. The summed E-state index contributed by atoms with van der Waals surface area (Å²) in [5.74, 6) is 0. The van der Waals surface area contributed by atoms with E-state index in [2.05, 4.69) is 158 Å². The van der Waals surface area contributed by atoms with Crippen LogP contribution in [0.4, 0.5) is 0 Å². The number of hydrogen-bond acceptors (Lipinski definition) is 0. The molecule has 0 bridgehead atoms. The molecule has 1 aromatic heterocycles. The van der Waals surface area contributed by atoms with E-state index in [1.165, 1.54) is 82.4 Å². The van der Waals surface area contributed by atoms with E-state index in [0.717, 1.165) is 0 Å². The van der Waals surface area contributed by atoms with E-state index in [9.17, 15) is 0 Å². The first-order valence-electron chi connectivity index (χ1n) is 14.8. The zero-order chi connectivity index (χ0) is 28.0. The number of fused-ring (bicyclic) bond motifs is 7. The van der Waals surface area contributed by atoms with Gasteiger partial charge in [-0.05, 0) is 79.7 Å². The molecule has 1 aliphatic rings. The van der Waals surface area contributed by atoms with E-state index in [-0.39, 0.29) is 5.41 Å². The van der Waals surface area contributed by atoms with Gasteiger partial charge in [0.1, 0.15) is 0 Å². The summed E-state index contributed by atoms with van der Waals surface area (Å²) in [5, 5.41) is 7.81. The fourth-order valence-corrected chi connectivity index (χ4v) is 7.51. The van der Waals surface area contributed by atoms with Gasteiger partial charge >= 0.3 is 0 Å². The third-order valence-corrected chi connectivity index (χ3v) is 9.53. The lowest BCUT2D eigenvalue weighted by Crippen LogP contribution is -2.23. The van der Waals surface area contributed by atoms with Crippen LogP contribution in [0.3, 0.4) is 0 Å². The molecule has 0 fully saturated rings. The van der Waals surface area contributed by atoms with Gasteiger partial charge in [-0.1, -0.05) is 123 Å². The molecule has 7 aromatic carbocycles. The third-order valence-electron chi connectivity index (χ3n) is 9.53. The van der Waals surface area contributed by atoms with Gasteiger partial charge in [-0.25, -0.2) is 0 Å². The minimum atomic E-state index is -0.0837. The van der Waals surface area contributed by atoms with Crippen molar-refractivity contribution < 1.29 is 0 Å². The van der Waals surface area contributed by atoms with Crippen molar-refractivity contribution in [3.05, 3.63) is 151 Å². The maximum Gasteiger partial charge on any atom is 0.0626 e. The Bertz CT molecular complexity index is 2350. The topological polar surface area (TPSA) is 4.93 Å². The van der Waals surface area contributed by atoms with Crippen LogP contribution in [0.1, 0.15) is 25.0 Å². The van der Waals surface area contributed by atoms with Gasteiger partial charge in [0, 0.05) is 27.4 Å². The molecular weight excluding hydrogens is 506 g/mol. The number of rotatable bonds is 2. The monoisotopic (exact) mass is 535 g/mol. The molecule has 9 rings (SSSR count). The maximum atomic E-state index is 2.52. The predicted molar refractivity (Wildman–Crippen MR) is 179 cm³/mol. The molecular formula is C41H29N. The van der Waals surface area contributed by atoms with Crippen LogP contribution in [0.15, 0.2) is 140 Å². The molecule has 1 aliphatic carbocycles. The fourth-order valence-electron chi connectivity index (χ4n) is 7.51. The third kappa shape index (κ3) is 3.14. The quantitative estimate of drug-likeness (QED) is 0.207. The molecule has 1 heteroatoms. The Balaban J connectivity index is 1.48. The molecule has 0 aliphatic heterocycles. The van der Waals surface area contributed by atoms with Crippen LogP contribution in [0.2, 0.25) is 0 Å². The second kappa shape index (κ2) is 8.44. The normalized spacial score (nSPS) is 13.7. The molecule has 0 atom stereocenters. The first-order chi connectivity index (χ1) is 20.6. The first kappa shape index (κ1) is 23.6. The van der Waals surface area contributed by atoms with Gasteiger partial charge in [0.2, 0.25) is 0 Å². The Morgan fingerprint density at radius 3 is 1.93 bits per heavy atom. The molecule has 0 saturated carbocycles. The summed E-state index contributed by atoms with van der Waals surface area (Å²) < 4.78 is 2.52. The molecule has 1 heterocycles. The predicted octanol–water partition coefficient (Wildman–Crippen LogP) is 11.1. The fraction of sp³-hybridized carbons (Fsp3) is 0.0732. The minimum Gasteiger partial charge on any atom is -0.309 e. The highest BCUT2D eigenvalue weighted by atomic mass is 15.0. The highest BCUT2D eigenvalue weighted by Crippen LogP contribution is 2.52. The Labute approximate surface area is 245 Å². The second-order valence-electron chi connectivity index (χ2n) is 12.2. The van der Waals surface area contributed by atoms with Gasteiger partial charge < -0.3 is 4.57 Å². The average Bonchev–Trinajstić information content (AvgIpc) is 3.35. The lowest BCUT2D eigenvalue weighted by molar-refractivity contribution is 0.645. The van der Waals surface area contributed by atoms with E-state index < -0.39 is 0 Å². The highest BCUT2D eigenvalue weighted by molar-refractivity contribution is 6.24. The molecule has 0 saturated heterocycles. The standard InChI is InChI=1S/C41H29N/c1-41(2)35-17-9-8-16-32(35)39-38-30(15-10-18-36(38)41)24-34-33-23-28-13-6-7-14-29(28)25-37(33)42(40(34)39)31-21-19-27(20-22-31)26-11-4-3-5-12-26/h3-25H,1-2H3. The van der Waals surface area contributed by atoms with Crippen LogP contribution in [0.25, 0.3) is 71.3 Å². The molecule has 0 spiro atoms. The number of aromatic nitrogens is 1. The van der Waals surface area contributed by atoms with Crippen molar-refractivity contribution >= 4 is 43.4 Å². The molecule has 42 heavy (non-hydrogen) atoms. The molecule has 0 amide bonds. The minimum absolute atomic E-state index is 0.0837. The van der Waals surface area contributed by atoms with E-state index in [0.29, 0.717) is 0 Å². The summed E-state index contributed by atoms with van der Waals surface area (Å²) in [6, 6.07) is 51.6. The summed E-state index contributed by atoms with van der Waals surface area (Å²) in [7, 11) is 0. The summed E-state index contributed by atoms with van der Waals surface area (Å²) in [6.07, 6.45) is 0. The van der Waals surface area contributed by atoms with Crippen LogP contribution in [0.5, 0.6) is 0 Å². The van der Waals surface area contributed by atoms with Crippen LogP contribution < -0.4 is 0 Å². The summed E-state index contributed by atoms with van der Waals surface area (Å²) in [6.45, 7) is 4.75. The van der Waals surface area contributed by atoms with Gasteiger partial charge in [-0.3, -0.25) is 0 Å². The van der Waals surface area contributed by atoms with E-state index >= 15 is 0 Å². The Morgan fingerprint density at radius 1 is 0.500 bits per heavy atom. The summed E-state index contributed by atoms with van der Waals surface area (Å²) in [5.41, 5.74) is 11.6. The van der Waals surface area contributed by atoms with Crippen molar-refractivity contribution in [2.24, 2.45) is 0 Å². The zero-order valence-electron chi connectivity index (χ0n) is 23.7. The average molecular weight is 536 g/mol. The lowest BCUT2D eigenvalue weighted by atomic mass is 9.68. The lowest BCUT2D eigenvalue weighted by Gasteiger charge is -2.35. The molecule has 198 valence electrons. The molecule has 1 nitrogen and oxygen atoms in total. The highest BCUT2D eigenvalue weighted by Gasteiger charge is 2.35. The van der Waals surface area contributed by atoms with Crippen molar-refractivity contribution in [3.63, 3.8) is 0 Å². The van der Waals surface area contributed by atoms with Crippen LogP contribution in [-0.4, -0.2) is 4.57 Å². The van der Waals surface area contributed by atoms with Crippen LogP contribution in [0, 0.1) is 0 Å². The first-order valence-corrected chi connectivity index (χ1v) is 14.8. The van der Waals surface area contributed by atoms with Gasteiger partial charge in [0.15, 0.2) is 0 Å². The second-order valence-corrected chi connectivity index (χ2v) is 12.2. The largest absolute Gasteiger partial charge is 0.309 e. The number of benzene rings is 7. The van der Waals surface area contributed by atoms with Crippen LogP contribution in [-0.2, 0) is 5.41 Å². The summed E-state index contributed by atoms with van der Waals surface area (Å²) >= 11 is 0. The van der Waals surface area contributed by atoms with E-state index in [1.54, 1.807) is 0 Å². The Kier molecular flexibility index (Phi) is 4.73. The van der Waals surface area contributed by atoms with E-state index in [1.807, 2.05) is 0 Å². The van der Waals surface area contributed by atoms with Gasteiger partial charge in [0.05, 0.1) is 11.0 Å². The number of hydrogen-bond donors (Lipinski definition) is 0. The van der Waals surface area contributed by atoms with Gasteiger partial charge in [0.25, 0.3) is 0 Å². The maximum absolute atomic E-state index is 2.52. The number of nitrogens with zero attached hydrogens (tertiary/aromatic N) is 1. The van der Waals surface area contributed by atoms with Crippen molar-refractivity contribution in [1.29, 1.82) is 0 Å². The molecule has 0 unspecified atom stereocenters. The Morgan fingerprint density at radius 2 is 1.12 bits per heavy atom. The van der Waals surface area contributed by atoms with Gasteiger partial charge in [-0.2, -0.15) is 0 Å². The SMILES string of the molecule is CC1(C)c2ccccc2-c2c3c1cccc3cc1c3cc4ccccc4cc3n(-c3ccc(-c4ccccc4)cc3)c21.